The maximum absolute atomic E-state index is 12.2. The van der Waals surface area contributed by atoms with Gasteiger partial charge in [-0.15, -0.1) is 11.8 Å². The smallest absolute Gasteiger partial charge is 0.339 e. The Balaban J connectivity index is 1.82. The molecule has 0 aromatic heterocycles. The van der Waals surface area contributed by atoms with Crippen LogP contribution in [0.1, 0.15) is 34.6 Å². The number of ether oxygens (including phenoxy) is 1. The topological polar surface area (TPSA) is 87.7 Å². The molecule has 0 saturated carbocycles. The Morgan fingerprint density at radius 1 is 0.966 bits per heavy atom. The van der Waals surface area contributed by atoms with Crippen LogP contribution in [0.2, 0.25) is 0 Å². The first-order valence-corrected chi connectivity index (χ1v) is 10.5. The summed E-state index contributed by atoms with van der Waals surface area (Å²) in [5, 5.41) is 0. The molecule has 0 heterocycles. The van der Waals surface area contributed by atoms with Gasteiger partial charge < -0.3 is 9.64 Å². The van der Waals surface area contributed by atoms with Gasteiger partial charge in [0.15, 0.2) is 6.61 Å². The van der Waals surface area contributed by atoms with Crippen LogP contribution in [0, 0.1) is 0 Å². The quantitative estimate of drug-likeness (QED) is 0.392. The van der Waals surface area contributed by atoms with E-state index in [1.54, 1.807) is 30.3 Å². The summed E-state index contributed by atoms with van der Waals surface area (Å²) in [6, 6.07) is 14.1. The molecule has 0 radical (unpaired) electrons. The molecule has 0 saturated heterocycles. The van der Waals surface area contributed by atoms with Gasteiger partial charge in [-0.3, -0.25) is 20.4 Å². The van der Waals surface area contributed by atoms with Crippen molar-refractivity contribution in [3.8, 4) is 0 Å². The largest absolute Gasteiger partial charge is 0.452 e. The number of nitrogens with one attached hydrogen (secondary N) is 2. The van der Waals surface area contributed by atoms with Gasteiger partial charge in [0.05, 0.1) is 5.56 Å². The summed E-state index contributed by atoms with van der Waals surface area (Å²) in [5.41, 5.74) is 6.38. The molecule has 2 rings (SSSR count). The Hall–Kier alpha value is -3.00. The van der Waals surface area contributed by atoms with Crippen molar-refractivity contribution in [1.29, 1.82) is 0 Å². The Bertz CT molecular complexity index is 851. The second-order valence-electron chi connectivity index (χ2n) is 6.00. The van der Waals surface area contributed by atoms with E-state index in [0.717, 1.165) is 23.7 Å². The SMILES string of the molecule is CCN(CC)c1ccc(C(=O)NNC(=O)COC(=O)c2ccccc2SC)cc1. The van der Waals surface area contributed by atoms with Crippen LogP contribution < -0.4 is 15.8 Å². The lowest BCUT2D eigenvalue weighted by molar-refractivity contribution is -0.125. The van der Waals surface area contributed by atoms with Gasteiger partial charge in [0.2, 0.25) is 0 Å². The second kappa shape index (κ2) is 11.1. The molecule has 2 aromatic carbocycles. The van der Waals surface area contributed by atoms with Crippen LogP contribution in [0.15, 0.2) is 53.4 Å². The van der Waals surface area contributed by atoms with Crippen LogP contribution in [0.3, 0.4) is 0 Å². The van der Waals surface area contributed by atoms with Gasteiger partial charge in [0, 0.05) is 29.2 Å². The number of carbonyl (C=O) groups excluding carboxylic acids is 3. The summed E-state index contributed by atoms with van der Waals surface area (Å²) in [5.74, 6) is -1.68. The number of thioether (sulfide) groups is 1. The van der Waals surface area contributed by atoms with Gasteiger partial charge >= 0.3 is 5.97 Å². The summed E-state index contributed by atoms with van der Waals surface area (Å²) >= 11 is 1.41. The summed E-state index contributed by atoms with van der Waals surface area (Å²) in [6.07, 6.45) is 1.85. The van der Waals surface area contributed by atoms with Gasteiger partial charge in [-0.2, -0.15) is 0 Å². The van der Waals surface area contributed by atoms with E-state index in [2.05, 4.69) is 29.6 Å². The molecule has 0 atom stereocenters. The van der Waals surface area contributed by atoms with Crippen molar-refractivity contribution in [2.24, 2.45) is 0 Å². The number of hydrogen-bond acceptors (Lipinski definition) is 6. The highest BCUT2D eigenvalue weighted by molar-refractivity contribution is 7.98. The van der Waals surface area contributed by atoms with Gasteiger partial charge in [-0.25, -0.2) is 4.79 Å². The van der Waals surface area contributed by atoms with Crippen molar-refractivity contribution < 1.29 is 19.1 Å². The number of esters is 1. The zero-order valence-corrected chi connectivity index (χ0v) is 17.5. The van der Waals surface area contributed by atoms with Crippen molar-refractivity contribution in [2.75, 3.05) is 30.9 Å². The fourth-order valence-corrected chi connectivity index (χ4v) is 3.26. The van der Waals surface area contributed by atoms with Crippen molar-refractivity contribution >= 4 is 35.2 Å². The number of carbonyl (C=O) groups is 3. The Labute approximate surface area is 174 Å². The molecule has 2 amide bonds. The third-order valence-electron chi connectivity index (χ3n) is 4.23. The standard InChI is InChI=1S/C21H25N3O4S/c1-4-24(5-2)16-12-10-15(11-13-16)20(26)23-22-19(25)14-28-21(27)17-8-6-7-9-18(17)29-3/h6-13H,4-5,14H2,1-3H3,(H,22,25)(H,23,26). The molecule has 0 bridgehead atoms. The molecule has 2 N–H and O–H groups in total. The zero-order chi connectivity index (χ0) is 21.2. The summed E-state index contributed by atoms with van der Waals surface area (Å²) in [7, 11) is 0. The number of rotatable bonds is 8. The molecule has 154 valence electrons. The summed E-state index contributed by atoms with van der Waals surface area (Å²) in [6.45, 7) is 5.37. The Morgan fingerprint density at radius 2 is 1.62 bits per heavy atom. The van der Waals surface area contributed by atoms with Gasteiger partial charge in [-0.1, -0.05) is 12.1 Å². The van der Waals surface area contributed by atoms with E-state index >= 15 is 0 Å². The highest BCUT2D eigenvalue weighted by atomic mass is 32.2. The lowest BCUT2D eigenvalue weighted by atomic mass is 10.2. The van der Waals surface area contributed by atoms with Crippen LogP contribution in [0.4, 0.5) is 5.69 Å². The first-order chi connectivity index (χ1) is 14.0. The maximum atomic E-state index is 12.2. The average molecular weight is 416 g/mol. The van der Waals surface area contributed by atoms with Gasteiger partial charge in [0.25, 0.3) is 11.8 Å². The van der Waals surface area contributed by atoms with E-state index in [4.69, 9.17) is 4.74 Å². The minimum absolute atomic E-state index is 0.394. The molecule has 29 heavy (non-hydrogen) atoms. The minimum atomic E-state index is -0.631. The zero-order valence-electron chi connectivity index (χ0n) is 16.7. The van der Waals surface area contributed by atoms with Gasteiger partial charge in [-0.05, 0) is 56.5 Å². The fraction of sp³-hybridized carbons (Fsp3) is 0.286. The molecular weight excluding hydrogens is 390 g/mol. The number of hydrogen-bond donors (Lipinski definition) is 2. The van der Waals surface area contributed by atoms with Crippen molar-refractivity contribution in [1.82, 2.24) is 10.9 Å². The third-order valence-corrected chi connectivity index (χ3v) is 5.03. The summed E-state index contributed by atoms with van der Waals surface area (Å²) < 4.78 is 5.02. The number of amides is 2. The lowest BCUT2D eigenvalue weighted by Gasteiger charge is -2.21. The van der Waals surface area contributed by atoms with E-state index in [-0.39, 0.29) is 0 Å². The molecule has 0 unspecified atom stereocenters. The first-order valence-electron chi connectivity index (χ1n) is 9.24. The minimum Gasteiger partial charge on any atom is -0.452 e. The molecule has 0 fully saturated rings. The van der Waals surface area contributed by atoms with E-state index in [9.17, 15) is 14.4 Å². The third kappa shape index (κ3) is 6.25. The molecule has 0 spiro atoms. The number of benzene rings is 2. The van der Waals surface area contributed by atoms with Crippen molar-refractivity contribution in [2.45, 2.75) is 18.7 Å². The monoisotopic (exact) mass is 415 g/mol. The van der Waals surface area contributed by atoms with Crippen LogP contribution in [-0.4, -0.2) is 43.7 Å². The van der Waals surface area contributed by atoms with E-state index in [1.807, 2.05) is 24.5 Å². The second-order valence-corrected chi connectivity index (χ2v) is 6.85. The maximum Gasteiger partial charge on any atom is 0.339 e. The van der Waals surface area contributed by atoms with Crippen molar-refractivity contribution in [3.63, 3.8) is 0 Å². The predicted octanol–water partition coefficient (Wildman–Crippen LogP) is 2.87. The number of hydrazine groups is 1. The number of anilines is 1. The molecule has 8 heteroatoms. The average Bonchev–Trinajstić information content (AvgIpc) is 2.77. The lowest BCUT2D eigenvalue weighted by Crippen LogP contribution is -2.43. The molecule has 2 aromatic rings. The Morgan fingerprint density at radius 3 is 2.24 bits per heavy atom. The first kappa shape index (κ1) is 22.3. The van der Waals surface area contributed by atoms with E-state index < -0.39 is 24.4 Å². The van der Waals surface area contributed by atoms with E-state index in [0.29, 0.717) is 11.1 Å². The number of nitrogens with zero attached hydrogens (tertiary/aromatic N) is 1. The summed E-state index contributed by atoms with van der Waals surface area (Å²) in [4.78, 5) is 39.1. The fourth-order valence-electron chi connectivity index (χ4n) is 2.67. The van der Waals surface area contributed by atoms with Crippen LogP contribution in [0.5, 0.6) is 0 Å². The molecular formula is C21H25N3O4S. The van der Waals surface area contributed by atoms with Crippen LogP contribution >= 0.6 is 11.8 Å². The highest BCUT2D eigenvalue weighted by Crippen LogP contribution is 2.20. The molecule has 0 aliphatic carbocycles. The normalized spacial score (nSPS) is 10.2. The Kier molecular flexibility index (Phi) is 8.54. The van der Waals surface area contributed by atoms with Crippen LogP contribution in [0.25, 0.3) is 0 Å². The van der Waals surface area contributed by atoms with Crippen LogP contribution in [-0.2, 0) is 9.53 Å². The molecule has 7 nitrogen and oxygen atoms in total. The molecule has 0 aliphatic rings. The van der Waals surface area contributed by atoms with E-state index in [1.165, 1.54) is 11.8 Å². The van der Waals surface area contributed by atoms with Gasteiger partial charge in [0.1, 0.15) is 0 Å². The highest BCUT2D eigenvalue weighted by Gasteiger charge is 2.14. The van der Waals surface area contributed by atoms with Crippen molar-refractivity contribution in [3.05, 3.63) is 59.7 Å². The predicted molar refractivity (Wildman–Crippen MR) is 114 cm³/mol. The molecule has 0 aliphatic heterocycles.